The molecule has 7 nitrogen and oxygen atoms in total. The van der Waals surface area contributed by atoms with Crippen molar-refractivity contribution in [2.75, 3.05) is 23.7 Å². The predicted octanol–water partition coefficient (Wildman–Crippen LogP) is 5.01. The van der Waals surface area contributed by atoms with E-state index in [-0.39, 0.29) is 6.03 Å². The molecule has 1 aliphatic heterocycles. The van der Waals surface area contributed by atoms with Crippen molar-refractivity contribution in [2.24, 2.45) is 0 Å². The molecule has 0 aliphatic carbocycles. The molecule has 30 heavy (non-hydrogen) atoms. The van der Waals surface area contributed by atoms with Gasteiger partial charge in [-0.3, -0.25) is 20.5 Å². The Morgan fingerprint density at radius 1 is 0.933 bits per heavy atom. The van der Waals surface area contributed by atoms with Gasteiger partial charge < -0.3 is 0 Å². The third-order valence-corrected chi connectivity index (χ3v) is 5.95. The molecule has 0 spiro atoms. The van der Waals surface area contributed by atoms with Gasteiger partial charge in [0.2, 0.25) is 0 Å². The van der Waals surface area contributed by atoms with Crippen molar-refractivity contribution >= 4 is 29.0 Å². The summed E-state index contributed by atoms with van der Waals surface area (Å²) in [5, 5.41) is 8.25. The monoisotopic (exact) mass is 422 g/mol. The van der Waals surface area contributed by atoms with Gasteiger partial charge in [-0.1, -0.05) is 25.3 Å². The molecule has 2 amide bonds. The second kappa shape index (κ2) is 10.3. The Morgan fingerprint density at radius 3 is 2.47 bits per heavy atom. The first kappa shape index (κ1) is 20.4. The van der Waals surface area contributed by atoms with Crippen LogP contribution < -0.4 is 10.6 Å². The van der Waals surface area contributed by atoms with Crippen LogP contribution in [0.3, 0.4) is 0 Å². The molecule has 1 saturated heterocycles. The lowest BCUT2D eigenvalue weighted by Crippen LogP contribution is -2.27. The maximum atomic E-state index is 12.4. The summed E-state index contributed by atoms with van der Waals surface area (Å²) in [5.74, 6) is 1.06. The minimum atomic E-state index is -0.350. The maximum absolute atomic E-state index is 12.4. The van der Waals surface area contributed by atoms with Gasteiger partial charge in [-0.25, -0.2) is 14.8 Å². The first-order valence-electron chi connectivity index (χ1n) is 10.4. The third kappa shape index (κ3) is 5.84. The fraction of sp³-hybridized carbons (Fsp3) is 0.364. The number of hydrogen-bond donors (Lipinski definition) is 2. The zero-order valence-corrected chi connectivity index (χ0v) is 17.7. The number of pyridine rings is 2. The number of nitrogens with one attached hydrogen (secondary N) is 2. The van der Waals surface area contributed by atoms with Gasteiger partial charge in [0.15, 0.2) is 0 Å². The number of aromatic nitrogens is 3. The first-order valence-corrected chi connectivity index (χ1v) is 11.3. The van der Waals surface area contributed by atoms with E-state index in [1.54, 1.807) is 18.5 Å². The van der Waals surface area contributed by atoms with E-state index in [4.69, 9.17) is 0 Å². The standard InChI is InChI=1S/C22H26N6OS/c29-22(27-20-16-30-21(25-20)17-9-11-23-12-10-17)26-19-8-6-7-18(24-19)15-28-13-4-2-1-3-5-14-28/h6-12,16H,1-5,13-15H2,(H2,24,26,27,29). The molecule has 1 aliphatic rings. The Labute approximate surface area is 180 Å². The van der Waals surface area contributed by atoms with E-state index in [2.05, 4.69) is 30.5 Å². The quantitative estimate of drug-likeness (QED) is 0.604. The van der Waals surface area contributed by atoms with Crippen LogP contribution in [0.4, 0.5) is 16.4 Å². The van der Waals surface area contributed by atoms with E-state index < -0.39 is 0 Å². The fourth-order valence-corrected chi connectivity index (χ4v) is 4.32. The molecule has 0 aromatic carbocycles. The number of anilines is 2. The van der Waals surface area contributed by atoms with Gasteiger partial charge in [-0.15, -0.1) is 11.3 Å². The Morgan fingerprint density at radius 2 is 1.67 bits per heavy atom. The van der Waals surface area contributed by atoms with Crippen LogP contribution in [0, 0.1) is 0 Å². The van der Waals surface area contributed by atoms with Gasteiger partial charge in [0.1, 0.15) is 16.6 Å². The molecule has 0 unspecified atom stereocenters. The summed E-state index contributed by atoms with van der Waals surface area (Å²) >= 11 is 1.47. The van der Waals surface area contributed by atoms with E-state index in [0.717, 1.165) is 35.9 Å². The number of carbonyl (C=O) groups is 1. The van der Waals surface area contributed by atoms with Crippen molar-refractivity contribution in [3.05, 3.63) is 53.8 Å². The molecule has 0 radical (unpaired) electrons. The number of urea groups is 1. The van der Waals surface area contributed by atoms with Crippen LogP contribution >= 0.6 is 11.3 Å². The van der Waals surface area contributed by atoms with E-state index in [1.165, 1.54) is 43.4 Å². The summed E-state index contributed by atoms with van der Waals surface area (Å²) in [5.41, 5.74) is 1.95. The Hall–Kier alpha value is -2.84. The largest absolute Gasteiger partial charge is 0.326 e. The first-order chi connectivity index (χ1) is 14.8. The van der Waals surface area contributed by atoms with Crippen molar-refractivity contribution in [1.82, 2.24) is 19.9 Å². The normalized spacial score (nSPS) is 15.2. The number of thiazole rings is 1. The van der Waals surface area contributed by atoms with Crippen LogP contribution in [-0.4, -0.2) is 39.0 Å². The number of nitrogens with zero attached hydrogens (tertiary/aromatic N) is 4. The Bertz CT molecular complexity index is 953. The zero-order valence-electron chi connectivity index (χ0n) is 16.9. The number of rotatable bonds is 5. The number of carbonyl (C=O) groups excluding carboxylic acids is 1. The van der Waals surface area contributed by atoms with Gasteiger partial charge in [0, 0.05) is 29.9 Å². The van der Waals surface area contributed by atoms with Crippen LogP contribution in [0.2, 0.25) is 0 Å². The summed E-state index contributed by atoms with van der Waals surface area (Å²) in [6, 6.07) is 9.20. The van der Waals surface area contributed by atoms with Gasteiger partial charge in [0.05, 0.1) is 5.69 Å². The average molecular weight is 423 g/mol. The van der Waals surface area contributed by atoms with Gasteiger partial charge >= 0.3 is 6.03 Å². The highest BCUT2D eigenvalue weighted by molar-refractivity contribution is 7.13. The molecule has 3 aromatic heterocycles. The summed E-state index contributed by atoms with van der Waals surface area (Å²) < 4.78 is 0. The maximum Gasteiger partial charge on any atom is 0.326 e. The lowest BCUT2D eigenvalue weighted by atomic mass is 10.1. The van der Waals surface area contributed by atoms with Crippen molar-refractivity contribution in [1.29, 1.82) is 0 Å². The van der Waals surface area contributed by atoms with Crippen molar-refractivity contribution in [3.8, 4) is 10.6 Å². The second-order valence-corrected chi connectivity index (χ2v) is 8.27. The smallest absolute Gasteiger partial charge is 0.298 e. The highest BCUT2D eigenvalue weighted by Gasteiger charge is 2.12. The molecular weight excluding hydrogens is 396 g/mol. The molecule has 156 valence electrons. The fourth-order valence-electron chi connectivity index (χ4n) is 3.56. The molecule has 2 N–H and O–H groups in total. The zero-order chi connectivity index (χ0) is 20.6. The molecule has 4 heterocycles. The molecule has 8 heteroatoms. The van der Waals surface area contributed by atoms with E-state index in [9.17, 15) is 4.79 Å². The lowest BCUT2D eigenvalue weighted by Gasteiger charge is -2.24. The van der Waals surface area contributed by atoms with Crippen LogP contribution in [0.25, 0.3) is 10.6 Å². The minimum absolute atomic E-state index is 0.350. The van der Waals surface area contributed by atoms with Gasteiger partial charge in [0.25, 0.3) is 0 Å². The highest BCUT2D eigenvalue weighted by Crippen LogP contribution is 2.25. The molecule has 1 fully saturated rings. The van der Waals surface area contributed by atoms with Crippen LogP contribution in [0.1, 0.15) is 37.8 Å². The van der Waals surface area contributed by atoms with Crippen LogP contribution in [0.15, 0.2) is 48.1 Å². The second-order valence-electron chi connectivity index (χ2n) is 7.41. The van der Waals surface area contributed by atoms with Crippen molar-refractivity contribution < 1.29 is 4.79 Å². The lowest BCUT2D eigenvalue weighted by molar-refractivity contribution is 0.237. The minimum Gasteiger partial charge on any atom is -0.298 e. The molecule has 0 saturated carbocycles. The summed E-state index contributed by atoms with van der Waals surface area (Å²) in [6.45, 7) is 3.05. The van der Waals surface area contributed by atoms with Gasteiger partial charge in [-0.05, 0) is 50.2 Å². The highest BCUT2D eigenvalue weighted by atomic mass is 32.1. The third-order valence-electron chi connectivity index (χ3n) is 5.06. The Balaban J connectivity index is 1.33. The van der Waals surface area contributed by atoms with Crippen molar-refractivity contribution in [3.63, 3.8) is 0 Å². The number of hydrogen-bond acceptors (Lipinski definition) is 6. The average Bonchev–Trinajstić information content (AvgIpc) is 3.19. The molecule has 4 rings (SSSR count). The molecule has 3 aromatic rings. The SMILES string of the molecule is O=C(Nc1cccc(CN2CCCCCCC2)n1)Nc1csc(-c2ccncc2)n1. The molecule has 0 bridgehead atoms. The summed E-state index contributed by atoms with van der Waals surface area (Å²) in [7, 11) is 0. The van der Waals surface area contributed by atoms with E-state index >= 15 is 0 Å². The van der Waals surface area contributed by atoms with E-state index in [1.807, 2.05) is 29.6 Å². The van der Waals surface area contributed by atoms with E-state index in [0.29, 0.717) is 11.6 Å². The summed E-state index contributed by atoms with van der Waals surface area (Å²) in [4.78, 5) is 27.9. The Kier molecular flexibility index (Phi) is 6.99. The van der Waals surface area contributed by atoms with Gasteiger partial charge in [-0.2, -0.15) is 0 Å². The van der Waals surface area contributed by atoms with Crippen molar-refractivity contribution in [2.45, 2.75) is 38.6 Å². The number of amides is 2. The van der Waals surface area contributed by atoms with Crippen LogP contribution in [0.5, 0.6) is 0 Å². The number of likely N-dealkylation sites (tertiary alicyclic amines) is 1. The predicted molar refractivity (Wildman–Crippen MR) is 121 cm³/mol. The summed E-state index contributed by atoms with van der Waals surface area (Å²) in [6.07, 6.45) is 9.91. The van der Waals surface area contributed by atoms with Crippen LogP contribution in [-0.2, 0) is 6.54 Å². The molecular formula is C22H26N6OS. The molecule has 0 atom stereocenters. The topological polar surface area (TPSA) is 83.0 Å².